The van der Waals surface area contributed by atoms with E-state index in [1.54, 1.807) is 6.07 Å². The molecule has 0 amide bonds. The Morgan fingerprint density at radius 1 is 1.22 bits per heavy atom. The topological polar surface area (TPSA) is 12.0 Å². The van der Waals surface area contributed by atoms with Gasteiger partial charge in [-0.2, -0.15) is 0 Å². The Labute approximate surface area is 113 Å². The van der Waals surface area contributed by atoms with Gasteiger partial charge in [0, 0.05) is 11.6 Å². The molecule has 18 heavy (non-hydrogen) atoms. The molecule has 0 unspecified atom stereocenters. The second kappa shape index (κ2) is 5.18. The quantitative estimate of drug-likeness (QED) is 0.821. The summed E-state index contributed by atoms with van der Waals surface area (Å²) >= 11 is 6.05. The molecule has 1 aromatic carbocycles. The van der Waals surface area contributed by atoms with E-state index in [0.29, 0.717) is 11.6 Å². The van der Waals surface area contributed by atoms with Gasteiger partial charge in [0.05, 0.1) is 0 Å². The molecular formula is C15H19ClFN. The third-order valence-electron chi connectivity index (χ3n) is 4.16. The summed E-state index contributed by atoms with van der Waals surface area (Å²) in [6.45, 7) is 1.73. The van der Waals surface area contributed by atoms with Gasteiger partial charge < -0.3 is 5.32 Å². The first-order valence-corrected chi connectivity index (χ1v) is 7.26. The highest BCUT2D eigenvalue weighted by atomic mass is 35.5. The van der Waals surface area contributed by atoms with Crippen molar-refractivity contribution >= 4 is 11.6 Å². The van der Waals surface area contributed by atoms with Gasteiger partial charge in [-0.1, -0.05) is 11.6 Å². The maximum atomic E-state index is 13.1. The van der Waals surface area contributed by atoms with Gasteiger partial charge in [-0.15, -0.1) is 0 Å². The van der Waals surface area contributed by atoms with E-state index in [2.05, 4.69) is 5.32 Å². The van der Waals surface area contributed by atoms with Gasteiger partial charge in [0.15, 0.2) is 0 Å². The van der Waals surface area contributed by atoms with Crippen LogP contribution in [0.5, 0.6) is 0 Å². The van der Waals surface area contributed by atoms with Crippen LogP contribution in [0, 0.1) is 23.6 Å². The zero-order valence-electron chi connectivity index (χ0n) is 10.5. The Balaban J connectivity index is 1.52. The molecule has 2 fully saturated rings. The van der Waals surface area contributed by atoms with Crippen LogP contribution in [0.1, 0.15) is 31.2 Å². The average molecular weight is 268 g/mol. The van der Waals surface area contributed by atoms with Crippen molar-refractivity contribution in [3.63, 3.8) is 0 Å². The summed E-state index contributed by atoms with van der Waals surface area (Å²) in [5.74, 6) is 2.54. The van der Waals surface area contributed by atoms with Gasteiger partial charge in [-0.3, -0.25) is 0 Å². The number of hydrogen-bond donors (Lipinski definition) is 1. The van der Waals surface area contributed by atoms with Crippen LogP contribution in [0.4, 0.5) is 4.39 Å². The fourth-order valence-electron chi connectivity index (χ4n) is 2.82. The molecule has 0 aliphatic heterocycles. The molecule has 3 rings (SSSR count). The van der Waals surface area contributed by atoms with Crippen molar-refractivity contribution in [2.24, 2.45) is 17.8 Å². The largest absolute Gasteiger partial charge is 0.312 e. The van der Waals surface area contributed by atoms with Gasteiger partial charge in [-0.25, -0.2) is 4.39 Å². The first-order valence-electron chi connectivity index (χ1n) is 6.88. The molecule has 1 N–H and O–H groups in total. The minimum Gasteiger partial charge on any atom is -0.312 e. The van der Waals surface area contributed by atoms with Crippen LogP contribution in [0.2, 0.25) is 5.02 Å². The Hall–Kier alpha value is -0.600. The lowest BCUT2D eigenvalue weighted by atomic mass is 9.98. The molecule has 0 heterocycles. The van der Waals surface area contributed by atoms with Crippen LogP contribution in [0.3, 0.4) is 0 Å². The zero-order valence-corrected chi connectivity index (χ0v) is 11.2. The number of nitrogens with one attached hydrogen (secondary N) is 1. The van der Waals surface area contributed by atoms with Crippen molar-refractivity contribution in [3.8, 4) is 0 Å². The maximum absolute atomic E-state index is 13.1. The number of rotatable bonds is 6. The smallest absolute Gasteiger partial charge is 0.123 e. The fraction of sp³-hybridized carbons (Fsp3) is 0.600. The molecule has 0 bridgehead atoms. The maximum Gasteiger partial charge on any atom is 0.123 e. The van der Waals surface area contributed by atoms with Crippen molar-refractivity contribution < 1.29 is 4.39 Å². The molecule has 0 radical (unpaired) electrons. The predicted octanol–water partition coefficient (Wildman–Crippen LogP) is 4.00. The first kappa shape index (κ1) is 12.4. The summed E-state index contributed by atoms with van der Waals surface area (Å²) in [6.07, 6.45) is 5.63. The van der Waals surface area contributed by atoms with Crippen molar-refractivity contribution in [2.45, 2.75) is 32.2 Å². The normalized spacial score (nSPS) is 19.5. The lowest BCUT2D eigenvalue weighted by molar-refractivity contribution is 0.378. The van der Waals surface area contributed by atoms with Crippen molar-refractivity contribution in [3.05, 3.63) is 34.6 Å². The second-order valence-electron chi connectivity index (χ2n) is 5.71. The SMILES string of the molecule is Fc1ccc(Cl)c(CNCC(C2CC2)C2CC2)c1. The lowest BCUT2D eigenvalue weighted by Crippen LogP contribution is -2.25. The summed E-state index contributed by atoms with van der Waals surface area (Å²) < 4.78 is 13.1. The van der Waals surface area contributed by atoms with Crippen LogP contribution in [-0.2, 0) is 6.54 Å². The molecule has 2 saturated carbocycles. The molecule has 98 valence electrons. The Bertz CT molecular complexity index is 415. The molecule has 0 saturated heterocycles. The van der Waals surface area contributed by atoms with Crippen molar-refractivity contribution in [1.82, 2.24) is 5.32 Å². The highest BCUT2D eigenvalue weighted by molar-refractivity contribution is 6.31. The fourth-order valence-corrected chi connectivity index (χ4v) is 3.00. The molecule has 0 atom stereocenters. The highest BCUT2D eigenvalue weighted by Crippen LogP contribution is 2.48. The zero-order chi connectivity index (χ0) is 12.5. The third-order valence-corrected chi connectivity index (χ3v) is 4.53. The Morgan fingerprint density at radius 3 is 2.50 bits per heavy atom. The van der Waals surface area contributed by atoms with Gasteiger partial charge in [0.2, 0.25) is 0 Å². The molecule has 1 aromatic rings. The minimum absolute atomic E-state index is 0.211. The summed E-state index contributed by atoms with van der Waals surface area (Å²) in [7, 11) is 0. The molecule has 1 nitrogen and oxygen atoms in total. The summed E-state index contributed by atoms with van der Waals surface area (Å²) in [5.41, 5.74) is 0.863. The molecule has 0 aromatic heterocycles. The lowest BCUT2D eigenvalue weighted by Gasteiger charge is -2.16. The summed E-state index contributed by atoms with van der Waals surface area (Å²) in [6, 6.07) is 4.56. The summed E-state index contributed by atoms with van der Waals surface area (Å²) in [5, 5.41) is 4.11. The van der Waals surface area contributed by atoms with E-state index < -0.39 is 0 Å². The van der Waals surface area contributed by atoms with Crippen LogP contribution < -0.4 is 5.32 Å². The number of hydrogen-bond acceptors (Lipinski definition) is 1. The van der Waals surface area contributed by atoms with Gasteiger partial charge in [-0.05, 0) is 73.7 Å². The monoisotopic (exact) mass is 267 g/mol. The molecule has 2 aliphatic carbocycles. The number of benzene rings is 1. The van der Waals surface area contributed by atoms with Crippen LogP contribution in [-0.4, -0.2) is 6.54 Å². The Morgan fingerprint density at radius 2 is 1.89 bits per heavy atom. The Kier molecular flexibility index (Phi) is 3.58. The van der Waals surface area contributed by atoms with E-state index in [1.165, 1.54) is 37.8 Å². The summed E-state index contributed by atoms with van der Waals surface area (Å²) in [4.78, 5) is 0. The molecule has 2 aliphatic rings. The van der Waals surface area contributed by atoms with Crippen LogP contribution >= 0.6 is 11.6 Å². The third kappa shape index (κ3) is 3.04. The van der Waals surface area contributed by atoms with Crippen LogP contribution in [0.15, 0.2) is 18.2 Å². The predicted molar refractivity (Wildman–Crippen MR) is 72.1 cm³/mol. The van der Waals surface area contributed by atoms with Crippen LogP contribution in [0.25, 0.3) is 0 Å². The van der Waals surface area contributed by atoms with Gasteiger partial charge >= 0.3 is 0 Å². The van der Waals surface area contributed by atoms with E-state index in [1.807, 2.05) is 0 Å². The standard InChI is InChI=1S/C15H19ClFN/c16-15-6-5-13(17)7-12(15)8-18-9-14(10-1-2-10)11-3-4-11/h5-7,10-11,14,18H,1-4,8-9H2. The van der Waals surface area contributed by atoms with E-state index >= 15 is 0 Å². The minimum atomic E-state index is -0.211. The van der Waals surface area contributed by atoms with Gasteiger partial charge in [0.1, 0.15) is 5.82 Å². The average Bonchev–Trinajstić information content (AvgIpc) is 3.22. The van der Waals surface area contributed by atoms with E-state index in [4.69, 9.17) is 11.6 Å². The van der Waals surface area contributed by atoms with Crippen molar-refractivity contribution in [2.75, 3.05) is 6.54 Å². The molecule has 3 heteroatoms. The number of halogens is 2. The first-order chi connectivity index (χ1) is 8.74. The molecule has 0 spiro atoms. The van der Waals surface area contributed by atoms with Crippen molar-refractivity contribution in [1.29, 1.82) is 0 Å². The highest BCUT2D eigenvalue weighted by Gasteiger charge is 2.40. The van der Waals surface area contributed by atoms with E-state index in [0.717, 1.165) is 29.9 Å². The van der Waals surface area contributed by atoms with E-state index in [-0.39, 0.29) is 5.82 Å². The second-order valence-corrected chi connectivity index (χ2v) is 6.11. The van der Waals surface area contributed by atoms with Gasteiger partial charge in [0.25, 0.3) is 0 Å². The van der Waals surface area contributed by atoms with E-state index in [9.17, 15) is 4.39 Å². The molecular weight excluding hydrogens is 249 g/mol.